The Balaban J connectivity index is 1.57. The van der Waals surface area contributed by atoms with Crippen molar-refractivity contribution in [3.05, 3.63) is 155 Å². The van der Waals surface area contributed by atoms with E-state index in [9.17, 15) is 24.5 Å². The van der Waals surface area contributed by atoms with Crippen LogP contribution in [-0.4, -0.2) is 37.6 Å². The molecule has 0 aliphatic carbocycles. The number of likely N-dealkylation sites (tertiary alicyclic amines) is 1. The van der Waals surface area contributed by atoms with E-state index in [1.807, 2.05) is 91.0 Å². The maximum Gasteiger partial charge on any atom is 0.356 e. The smallest absolute Gasteiger partial charge is 0.356 e. The number of β-lactam (4-membered cyclic amide) rings is 1. The molecule has 1 saturated heterocycles. The molecule has 6 rings (SSSR count). The Bertz CT molecular complexity index is 1830. The Morgan fingerprint density at radius 3 is 1.83 bits per heavy atom. The lowest BCUT2D eigenvalue weighted by Gasteiger charge is -2.44. The van der Waals surface area contributed by atoms with Crippen molar-refractivity contribution in [3.8, 4) is 0 Å². The summed E-state index contributed by atoms with van der Waals surface area (Å²) in [5, 5.41) is 12.5. The molecule has 1 amide bonds. The summed E-state index contributed by atoms with van der Waals surface area (Å²) in [7, 11) is 0. The summed E-state index contributed by atoms with van der Waals surface area (Å²) >= 11 is 0.920. The summed E-state index contributed by atoms with van der Waals surface area (Å²) < 4.78 is 11.3. The van der Waals surface area contributed by atoms with Gasteiger partial charge in [0.2, 0.25) is 5.91 Å². The number of hydrogen-bond donors (Lipinski definition) is 0. The molecule has 0 bridgehead atoms. The fourth-order valence-corrected chi connectivity index (χ4v) is 10.9. The minimum atomic E-state index is -3.15. The predicted molar refractivity (Wildman–Crippen MR) is 179 cm³/mol. The van der Waals surface area contributed by atoms with Crippen molar-refractivity contribution in [3.63, 3.8) is 0 Å². The van der Waals surface area contributed by atoms with Gasteiger partial charge >= 0.3 is 5.97 Å². The van der Waals surface area contributed by atoms with Crippen LogP contribution in [0.15, 0.2) is 138 Å². The van der Waals surface area contributed by atoms with E-state index in [0.717, 1.165) is 27.7 Å². The van der Waals surface area contributed by atoms with Crippen LogP contribution in [0.5, 0.6) is 0 Å². The molecule has 1 aliphatic rings. The van der Waals surface area contributed by atoms with Crippen LogP contribution in [0.4, 0.5) is 5.69 Å². The van der Waals surface area contributed by atoms with Crippen LogP contribution >= 0.6 is 18.6 Å². The second-order valence-electron chi connectivity index (χ2n) is 10.3. The first-order chi connectivity index (χ1) is 22.4. The lowest BCUT2D eigenvalue weighted by atomic mass is 10.2. The van der Waals surface area contributed by atoms with Gasteiger partial charge in [-0.1, -0.05) is 103 Å². The molecular formula is C35H27N2O7PS. The number of furan rings is 1. The van der Waals surface area contributed by atoms with E-state index in [4.69, 9.17) is 9.15 Å². The van der Waals surface area contributed by atoms with Gasteiger partial charge in [-0.3, -0.25) is 24.6 Å². The van der Waals surface area contributed by atoms with Crippen LogP contribution in [0.25, 0.3) is 0 Å². The summed E-state index contributed by atoms with van der Waals surface area (Å²) in [5.74, 6) is -0.909. The lowest BCUT2D eigenvalue weighted by molar-refractivity contribution is -0.384. The van der Waals surface area contributed by atoms with Crippen molar-refractivity contribution in [2.75, 3.05) is 0 Å². The van der Waals surface area contributed by atoms with Gasteiger partial charge in [0, 0.05) is 19.0 Å². The van der Waals surface area contributed by atoms with Gasteiger partial charge < -0.3 is 9.15 Å². The number of hydrogen-bond acceptors (Lipinski definition) is 8. The van der Waals surface area contributed by atoms with Crippen molar-refractivity contribution in [2.45, 2.75) is 18.4 Å². The second kappa shape index (κ2) is 13.4. The van der Waals surface area contributed by atoms with E-state index in [1.54, 1.807) is 12.1 Å². The Morgan fingerprint density at radius 1 is 0.826 bits per heavy atom. The predicted octanol–water partition coefficient (Wildman–Crippen LogP) is 5.49. The maximum atomic E-state index is 14.7. The highest BCUT2D eigenvalue weighted by Crippen LogP contribution is 2.49. The summed E-state index contributed by atoms with van der Waals surface area (Å²) in [6, 6.07) is 37.5. The molecule has 1 fully saturated rings. The molecule has 1 atom stereocenters. The molecule has 1 aromatic heterocycles. The van der Waals surface area contributed by atoms with Crippen molar-refractivity contribution >= 4 is 62.7 Å². The number of nitro groups is 1. The SMILES string of the molecule is O=C(OCc1ccc([N+](=O)[O-])cc1)C(N1C(=O)C[C@@H]1SC(=O)c1ccco1)=P(c1ccccc1)(c1ccccc1)c1ccccc1. The number of non-ortho nitro benzene ring substituents is 1. The van der Waals surface area contributed by atoms with E-state index in [0.29, 0.717) is 5.56 Å². The highest BCUT2D eigenvalue weighted by molar-refractivity contribution is 8.14. The quantitative estimate of drug-likeness (QED) is 0.0641. The van der Waals surface area contributed by atoms with Crippen LogP contribution in [0.3, 0.4) is 0 Å². The Hall–Kier alpha value is -5.18. The number of carbonyl (C=O) groups is 3. The number of amides is 1. The van der Waals surface area contributed by atoms with Gasteiger partial charge in [-0.05, 0) is 45.7 Å². The third-order valence-electron chi connectivity index (χ3n) is 7.55. The molecule has 5 aromatic rings. The zero-order valence-electron chi connectivity index (χ0n) is 24.3. The maximum absolute atomic E-state index is 14.7. The molecule has 4 aromatic carbocycles. The Morgan fingerprint density at radius 2 is 1.37 bits per heavy atom. The summed E-state index contributed by atoms with van der Waals surface area (Å²) in [6.45, 7) is -3.34. The van der Waals surface area contributed by atoms with Crippen molar-refractivity contribution in [2.24, 2.45) is 0 Å². The van der Waals surface area contributed by atoms with Crippen LogP contribution < -0.4 is 15.9 Å². The number of ether oxygens (including phenoxy) is 1. The fourth-order valence-electron chi connectivity index (χ4n) is 5.41. The Labute approximate surface area is 268 Å². The van der Waals surface area contributed by atoms with Crippen molar-refractivity contribution < 1.29 is 28.5 Å². The van der Waals surface area contributed by atoms with E-state index >= 15 is 0 Å². The standard InChI is InChI=1S/C35H27N2O7PS/c38-31-23-32(46-35(40)30-17-10-22-43-30)36(31)33(34(39)44-24-25-18-20-26(21-19-25)37(41)42)45(27-11-4-1-5-12-27,28-13-6-2-7-14-28)29-15-8-3-9-16-29/h1-22,32H,23-24H2/t32-/m0/s1. The monoisotopic (exact) mass is 650 g/mol. The molecule has 9 nitrogen and oxygen atoms in total. The van der Waals surface area contributed by atoms with Crippen LogP contribution in [0.1, 0.15) is 22.5 Å². The highest BCUT2D eigenvalue weighted by atomic mass is 32.2. The van der Waals surface area contributed by atoms with E-state index in [1.165, 1.54) is 35.4 Å². The zero-order chi connectivity index (χ0) is 32.1. The molecule has 230 valence electrons. The summed E-state index contributed by atoms with van der Waals surface area (Å²) in [6.07, 6.45) is 1.44. The first-order valence-electron chi connectivity index (χ1n) is 14.3. The van der Waals surface area contributed by atoms with Crippen molar-refractivity contribution in [1.82, 2.24) is 4.90 Å². The molecule has 11 heteroatoms. The molecule has 0 N–H and O–H groups in total. The first-order valence-corrected chi connectivity index (χ1v) is 17.0. The van der Waals surface area contributed by atoms with Gasteiger partial charge in [-0.15, -0.1) is 0 Å². The van der Waals surface area contributed by atoms with Gasteiger partial charge in [0.25, 0.3) is 10.8 Å². The van der Waals surface area contributed by atoms with Crippen LogP contribution in [0, 0.1) is 10.1 Å². The normalized spacial score (nSPS) is 14.3. The topological polar surface area (TPSA) is 120 Å². The molecule has 0 saturated carbocycles. The van der Waals surface area contributed by atoms with E-state index in [2.05, 4.69) is 0 Å². The summed E-state index contributed by atoms with van der Waals surface area (Å²) in [4.78, 5) is 53.6. The van der Waals surface area contributed by atoms with E-state index < -0.39 is 23.2 Å². The van der Waals surface area contributed by atoms with Crippen LogP contribution in [-0.2, 0) is 20.9 Å². The molecule has 2 heterocycles. The van der Waals surface area contributed by atoms with Gasteiger partial charge in [-0.25, -0.2) is 4.79 Å². The first kappa shape index (κ1) is 30.8. The average molecular weight is 651 g/mol. The number of thioether (sulfide) groups is 1. The zero-order valence-corrected chi connectivity index (χ0v) is 26.0. The third-order valence-corrected chi connectivity index (χ3v) is 12.9. The number of rotatable bonds is 10. The lowest BCUT2D eigenvalue weighted by Crippen LogP contribution is -2.58. The molecule has 0 unspecified atom stereocenters. The summed E-state index contributed by atoms with van der Waals surface area (Å²) in [5.41, 5.74) is 0.589. The van der Waals surface area contributed by atoms with Crippen molar-refractivity contribution in [1.29, 1.82) is 0 Å². The van der Waals surface area contributed by atoms with Gasteiger partial charge in [0.15, 0.2) is 5.76 Å². The second-order valence-corrected chi connectivity index (χ2v) is 14.8. The van der Waals surface area contributed by atoms with Gasteiger partial charge in [0.05, 0.1) is 23.0 Å². The molecule has 46 heavy (non-hydrogen) atoms. The number of nitro benzene ring substituents is 1. The average Bonchev–Trinajstić information content (AvgIpc) is 3.64. The largest absolute Gasteiger partial charge is 0.460 e. The minimum absolute atomic E-state index is 0.0363. The molecule has 0 radical (unpaired) electrons. The van der Waals surface area contributed by atoms with E-state index in [-0.39, 0.29) is 40.9 Å². The Kier molecular flexibility index (Phi) is 9.01. The molecular weight excluding hydrogens is 623 g/mol. The highest BCUT2D eigenvalue weighted by Gasteiger charge is 2.48. The number of esters is 1. The third kappa shape index (κ3) is 5.92. The molecule has 0 spiro atoms. The fraction of sp³-hybridized carbons (Fsp3) is 0.0857. The minimum Gasteiger partial charge on any atom is -0.460 e. The number of benzene rings is 4. The van der Waals surface area contributed by atoms with Gasteiger partial charge in [0.1, 0.15) is 12.0 Å². The number of nitrogens with zero attached hydrogens (tertiary/aromatic N) is 2. The molecule has 1 aliphatic heterocycles. The van der Waals surface area contributed by atoms with Crippen LogP contribution in [0.2, 0.25) is 0 Å². The van der Waals surface area contributed by atoms with Gasteiger partial charge in [-0.2, -0.15) is 0 Å². The number of carbonyl (C=O) groups excluding carboxylic acids is 3.